The van der Waals surface area contributed by atoms with Crippen molar-refractivity contribution in [2.75, 3.05) is 25.6 Å². The van der Waals surface area contributed by atoms with Crippen LogP contribution in [0.4, 0.5) is 10.1 Å². The molecule has 1 aromatic carbocycles. The van der Waals surface area contributed by atoms with E-state index in [9.17, 15) is 4.39 Å². The van der Waals surface area contributed by atoms with E-state index in [2.05, 4.69) is 0 Å². The molecule has 1 fully saturated rings. The average molecular weight is 223 g/mol. The molecule has 1 unspecified atom stereocenters. The van der Waals surface area contributed by atoms with Crippen molar-refractivity contribution < 1.29 is 9.13 Å². The molecule has 0 radical (unpaired) electrons. The summed E-state index contributed by atoms with van der Waals surface area (Å²) in [7, 11) is 0. The second-order valence-electron chi connectivity index (χ2n) is 4.38. The van der Waals surface area contributed by atoms with Gasteiger partial charge in [0.05, 0.1) is 6.67 Å². The highest BCUT2D eigenvalue weighted by Gasteiger charge is 2.25. The number of nitrogen functional groups attached to an aromatic ring is 1. The molecule has 1 aliphatic rings. The predicted octanol–water partition coefficient (Wildman–Crippen LogP) is 2.75. The van der Waals surface area contributed by atoms with Crippen molar-refractivity contribution in [3.05, 3.63) is 29.8 Å². The van der Waals surface area contributed by atoms with Crippen molar-refractivity contribution in [2.24, 2.45) is 5.92 Å². The zero-order valence-corrected chi connectivity index (χ0v) is 9.36. The third kappa shape index (κ3) is 2.53. The summed E-state index contributed by atoms with van der Waals surface area (Å²) in [5, 5.41) is 0. The Hall–Kier alpha value is -1.09. The first kappa shape index (κ1) is 11.4. The van der Waals surface area contributed by atoms with Crippen molar-refractivity contribution in [2.45, 2.75) is 18.8 Å². The zero-order chi connectivity index (χ0) is 11.4. The maximum Gasteiger partial charge on any atom is 0.0965 e. The molecule has 0 amide bonds. The van der Waals surface area contributed by atoms with Gasteiger partial charge < -0.3 is 10.5 Å². The number of benzene rings is 1. The van der Waals surface area contributed by atoms with Crippen LogP contribution in [0.3, 0.4) is 0 Å². The van der Waals surface area contributed by atoms with Gasteiger partial charge >= 0.3 is 0 Å². The second-order valence-corrected chi connectivity index (χ2v) is 4.38. The van der Waals surface area contributed by atoms with Gasteiger partial charge in [0.2, 0.25) is 0 Å². The molecule has 0 aromatic heterocycles. The van der Waals surface area contributed by atoms with E-state index in [1.54, 1.807) is 0 Å². The Kier molecular flexibility index (Phi) is 3.78. The van der Waals surface area contributed by atoms with E-state index in [-0.39, 0.29) is 12.6 Å². The van der Waals surface area contributed by atoms with Crippen molar-refractivity contribution in [3.63, 3.8) is 0 Å². The van der Waals surface area contributed by atoms with Gasteiger partial charge in [0.1, 0.15) is 0 Å². The Bertz CT molecular complexity index is 319. The van der Waals surface area contributed by atoms with Gasteiger partial charge in [0, 0.05) is 24.8 Å². The zero-order valence-electron chi connectivity index (χ0n) is 9.36. The normalized spacial score (nSPS) is 19.6. The fraction of sp³-hybridized carbons (Fsp3) is 0.538. The number of alkyl halides is 1. The summed E-state index contributed by atoms with van der Waals surface area (Å²) in [4.78, 5) is 0. The molecule has 0 spiro atoms. The number of anilines is 1. The van der Waals surface area contributed by atoms with Crippen molar-refractivity contribution in [1.29, 1.82) is 0 Å². The van der Waals surface area contributed by atoms with Crippen molar-refractivity contribution >= 4 is 5.69 Å². The molecule has 1 saturated heterocycles. The Morgan fingerprint density at radius 3 is 2.44 bits per heavy atom. The number of rotatable bonds is 3. The lowest BCUT2D eigenvalue weighted by molar-refractivity contribution is 0.0547. The van der Waals surface area contributed by atoms with Crippen LogP contribution in [0.25, 0.3) is 0 Å². The fourth-order valence-corrected chi connectivity index (χ4v) is 2.35. The second kappa shape index (κ2) is 5.30. The van der Waals surface area contributed by atoms with Gasteiger partial charge in [0.25, 0.3) is 0 Å². The lowest BCUT2D eigenvalue weighted by Crippen LogP contribution is -2.23. The molecule has 0 saturated carbocycles. The molecule has 0 bridgehead atoms. The van der Waals surface area contributed by atoms with Gasteiger partial charge in [-0.05, 0) is 36.5 Å². The van der Waals surface area contributed by atoms with E-state index in [0.29, 0.717) is 5.92 Å². The molecule has 16 heavy (non-hydrogen) atoms. The quantitative estimate of drug-likeness (QED) is 0.800. The Morgan fingerprint density at radius 1 is 1.25 bits per heavy atom. The average Bonchev–Trinajstić information content (AvgIpc) is 2.34. The first-order valence-electron chi connectivity index (χ1n) is 5.80. The standard InChI is InChI=1S/C13H18FNO/c14-9-13(11-5-7-16-8-6-11)10-1-3-12(15)4-2-10/h1-4,11,13H,5-9,15H2. The molecule has 0 aliphatic carbocycles. The first-order valence-corrected chi connectivity index (χ1v) is 5.80. The summed E-state index contributed by atoms with van der Waals surface area (Å²) in [6, 6.07) is 7.57. The summed E-state index contributed by atoms with van der Waals surface area (Å²) in [6.45, 7) is 1.22. The third-order valence-electron chi connectivity index (χ3n) is 3.37. The summed E-state index contributed by atoms with van der Waals surface area (Å²) >= 11 is 0. The van der Waals surface area contributed by atoms with E-state index in [4.69, 9.17) is 10.5 Å². The largest absolute Gasteiger partial charge is 0.399 e. The van der Waals surface area contributed by atoms with Crippen LogP contribution in [0.2, 0.25) is 0 Å². The number of hydrogen-bond acceptors (Lipinski definition) is 2. The van der Waals surface area contributed by atoms with E-state index in [1.165, 1.54) is 0 Å². The van der Waals surface area contributed by atoms with Crippen molar-refractivity contribution in [1.82, 2.24) is 0 Å². The van der Waals surface area contributed by atoms with Crippen LogP contribution in [0.1, 0.15) is 24.3 Å². The molecule has 1 heterocycles. The minimum atomic E-state index is -0.297. The summed E-state index contributed by atoms with van der Waals surface area (Å²) in [5.74, 6) is 0.409. The molecule has 1 aromatic rings. The number of hydrogen-bond donors (Lipinski definition) is 1. The lowest BCUT2D eigenvalue weighted by Gasteiger charge is -2.28. The Morgan fingerprint density at radius 2 is 1.88 bits per heavy atom. The van der Waals surface area contributed by atoms with Gasteiger partial charge in [-0.2, -0.15) is 0 Å². The number of nitrogens with two attached hydrogens (primary N) is 1. The number of halogens is 1. The van der Waals surface area contributed by atoms with Crippen LogP contribution >= 0.6 is 0 Å². The van der Waals surface area contributed by atoms with Gasteiger partial charge in [-0.3, -0.25) is 4.39 Å². The summed E-state index contributed by atoms with van der Waals surface area (Å²) in [6.07, 6.45) is 1.91. The van der Waals surface area contributed by atoms with E-state index >= 15 is 0 Å². The van der Waals surface area contributed by atoms with Crippen LogP contribution in [-0.2, 0) is 4.74 Å². The molecule has 3 heteroatoms. The van der Waals surface area contributed by atoms with E-state index in [1.807, 2.05) is 24.3 Å². The summed E-state index contributed by atoms with van der Waals surface area (Å²) in [5.41, 5.74) is 7.42. The highest BCUT2D eigenvalue weighted by atomic mass is 19.1. The maximum absolute atomic E-state index is 13.2. The van der Waals surface area contributed by atoms with Gasteiger partial charge in [-0.25, -0.2) is 0 Å². The monoisotopic (exact) mass is 223 g/mol. The first-order chi connectivity index (χ1) is 7.81. The highest BCUT2D eigenvalue weighted by molar-refractivity contribution is 5.40. The molecule has 1 atom stereocenters. The highest BCUT2D eigenvalue weighted by Crippen LogP contribution is 2.32. The van der Waals surface area contributed by atoms with Crippen LogP contribution in [-0.4, -0.2) is 19.9 Å². The van der Waals surface area contributed by atoms with Crippen molar-refractivity contribution in [3.8, 4) is 0 Å². The molecule has 88 valence electrons. The molecular weight excluding hydrogens is 205 g/mol. The minimum Gasteiger partial charge on any atom is -0.399 e. The predicted molar refractivity (Wildman–Crippen MR) is 63.1 cm³/mol. The molecule has 2 nitrogen and oxygen atoms in total. The fourth-order valence-electron chi connectivity index (χ4n) is 2.35. The van der Waals surface area contributed by atoms with Crippen LogP contribution in [0.15, 0.2) is 24.3 Å². The van der Waals surface area contributed by atoms with E-state index in [0.717, 1.165) is 37.3 Å². The smallest absolute Gasteiger partial charge is 0.0965 e. The van der Waals surface area contributed by atoms with Crippen LogP contribution < -0.4 is 5.73 Å². The summed E-state index contributed by atoms with van der Waals surface area (Å²) < 4.78 is 18.5. The molecular formula is C13H18FNO. The third-order valence-corrected chi connectivity index (χ3v) is 3.37. The van der Waals surface area contributed by atoms with Gasteiger partial charge in [-0.1, -0.05) is 12.1 Å². The lowest BCUT2D eigenvalue weighted by atomic mass is 9.82. The Labute approximate surface area is 95.6 Å². The van der Waals surface area contributed by atoms with Crippen LogP contribution in [0.5, 0.6) is 0 Å². The van der Waals surface area contributed by atoms with Gasteiger partial charge in [-0.15, -0.1) is 0 Å². The maximum atomic E-state index is 13.2. The van der Waals surface area contributed by atoms with E-state index < -0.39 is 0 Å². The molecule has 2 N–H and O–H groups in total. The topological polar surface area (TPSA) is 35.2 Å². The van der Waals surface area contributed by atoms with Gasteiger partial charge in [0.15, 0.2) is 0 Å². The molecule has 2 rings (SSSR count). The van der Waals surface area contributed by atoms with Crippen LogP contribution in [0, 0.1) is 5.92 Å². The minimum absolute atomic E-state index is 0.00417. The number of ether oxygens (including phenoxy) is 1. The SMILES string of the molecule is Nc1ccc(C(CF)C2CCOCC2)cc1. The molecule has 1 aliphatic heterocycles. The Balaban J connectivity index is 2.11.